The Morgan fingerprint density at radius 3 is 2.31 bits per heavy atom. The monoisotopic (exact) mass is 207 g/mol. The summed E-state index contributed by atoms with van der Waals surface area (Å²) < 4.78 is 0. The molecule has 0 aliphatic rings. The fraction of sp³-hybridized carbons (Fsp3) is 0. The highest BCUT2D eigenvalue weighted by Crippen LogP contribution is 2.16. The van der Waals surface area contributed by atoms with E-state index in [1.165, 1.54) is 0 Å². The fourth-order valence-electron chi connectivity index (χ4n) is 1.59. The number of hydrogen-bond donors (Lipinski definition) is 0. The maximum atomic E-state index is 4.52. The molecule has 0 N–H and O–H groups in total. The van der Waals surface area contributed by atoms with Gasteiger partial charge < -0.3 is 0 Å². The van der Waals surface area contributed by atoms with Crippen LogP contribution in [0.4, 0.5) is 0 Å². The molecule has 0 radical (unpaired) electrons. The van der Waals surface area contributed by atoms with Gasteiger partial charge in [-0.2, -0.15) is 0 Å². The van der Waals surface area contributed by atoms with Gasteiger partial charge in [0.05, 0.1) is 22.9 Å². The lowest BCUT2D eigenvalue weighted by Gasteiger charge is -2.00. The molecule has 76 valence electrons. The third kappa shape index (κ3) is 1.52. The van der Waals surface area contributed by atoms with Crippen LogP contribution < -0.4 is 0 Å². The van der Waals surface area contributed by atoms with Gasteiger partial charge in [-0.15, -0.1) is 0 Å². The molecular formula is C13H9N3. The Balaban J connectivity index is 2.19. The molecule has 0 atom stereocenters. The van der Waals surface area contributed by atoms with Gasteiger partial charge in [-0.05, 0) is 24.3 Å². The van der Waals surface area contributed by atoms with Crippen LogP contribution in [0.15, 0.2) is 54.9 Å². The van der Waals surface area contributed by atoms with Crippen molar-refractivity contribution in [3.05, 3.63) is 54.9 Å². The molecule has 3 aromatic rings. The Labute approximate surface area is 92.8 Å². The summed E-state index contributed by atoms with van der Waals surface area (Å²) in [5, 5.41) is 0. The summed E-state index contributed by atoms with van der Waals surface area (Å²) in [7, 11) is 0. The van der Waals surface area contributed by atoms with Crippen molar-refractivity contribution in [1.29, 1.82) is 0 Å². The van der Waals surface area contributed by atoms with Crippen molar-refractivity contribution in [2.75, 3.05) is 0 Å². The van der Waals surface area contributed by atoms with E-state index in [2.05, 4.69) is 15.0 Å². The zero-order valence-electron chi connectivity index (χ0n) is 8.54. The molecule has 0 aliphatic carbocycles. The van der Waals surface area contributed by atoms with Gasteiger partial charge in [0.15, 0.2) is 0 Å². The molecular weight excluding hydrogens is 198 g/mol. The van der Waals surface area contributed by atoms with Gasteiger partial charge >= 0.3 is 0 Å². The number of aromatic nitrogens is 3. The maximum Gasteiger partial charge on any atom is 0.108 e. The number of hydrogen-bond acceptors (Lipinski definition) is 3. The van der Waals surface area contributed by atoms with E-state index >= 15 is 0 Å². The molecule has 0 unspecified atom stereocenters. The Bertz CT molecular complexity index is 620. The van der Waals surface area contributed by atoms with Crippen LogP contribution in [0.3, 0.4) is 0 Å². The van der Waals surface area contributed by atoms with E-state index in [1.54, 1.807) is 12.4 Å². The first kappa shape index (κ1) is 8.97. The molecule has 2 aromatic heterocycles. The van der Waals surface area contributed by atoms with Crippen molar-refractivity contribution in [3.63, 3.8) is 0 Å². The SMILES string of the molecule is c1ccc(-c2cnc3ccccc3n2)nc1. The zero-order valence-corrected chi connectivity index (χ0v) is 8.54. The molecule has 0 saturated carbocycles. The molecule has 2 heterocycles. The van der Waals surface area contributed by atoms with E-state index in [1.807, 2.05) is 42.5 Å². The number of benzene rings is 1. The normalized spacial score (nSPS) is 10.5. The van der Waals surface area contributed by atoms with E-state index in [0.29, 0.717) is 0 Å². The largest absolute Gasteiger partial charge is 0.255 e. The second-order valence-corrected chi connectivity index (χ2v) is 3.46. The summed E-state index contributed by atoms with van der Waals surface area (Å²) in [6.07, 6.45) is 3.51. The van der Waals surface area contributed by atoms with Crippen molar-refractivity contribution in [2.24, 2.45) is 0 Å². The average Bonchev–Trinajstić information content (AvgIpc) is 2.39. The smallest absolute Gasteiger partial charge is 0.108 e. The van der Waals surface area contributed by atoms with Crippen molar-refractivity contribution in [3.8, 4) is 11.4 Å². The van der Waals surface area contributed by atoms with E-state index in [-0.39, 0.29) is 0 Å². The molecule has 3 rings (SSSR count). The highest BCUT2D eigenvalue weighted by Gasteiger charge is 2.01. The zero-order chi connectivity index (χ0) is 10.8. The minimum Gasteiger partial charge on any atom is -0.255 e. The number of para-hydroxylation sites is 2. The molecule has 0 amide bonds. The molecule has 0 spiro atoms. The van der Waals surface area contributed by atoms with Crippen molar-refractivity contribution >= 4 is 11.0 Å². The molecule has 0 aliphatic heterocycles. The molecule has 1 aromatic carbocycles. The molecule has 0 fully saturated rings. The third-order valence-electron chi connectivity index (χ3n) is 2.38. The quantitative estimate of drug-likeness (QED) is 0.615. The summed E-state index contributed by atoms with van der Waals surface area (Å²) in [5.74, 6) is 0. The Morgan fingerprint density at radius 1 is 0.688 bits per heavy atom. The summed E-state index contributed by atoms with van der Waals surface area (Å²) in [5.41, 5.74) is 3.45. The first-order chi connectivity index (χ1) is 7.93. The summed E-state index contributed by atoms with van der Waals surface area (Å²) in [4.78, 5) is 13.1. The first-order valence-electron chi connectivity index (χ1n) is 5.07. The summed E-state index contributed by atoms with van der Waals surface area (Å²) in [6, 6.07) is 13.6. The van der Waals surface area contributed by atoms with Crippen LogP contribution in [0.25, 0.3) is 22.4 Å². The Morgan fingerprint density at radius 2 is 1.50 bits per heavy atom. The minimum absolute atomic E-state index is 0.805. The van der Waals surface area contributed by atoms with Crippen molar-refractivity contribution in [1.82, 2.24) is 15.0 Å². The second kappa shape index (κ2) is 3.70. The van der Waals surface area contributed by atoms with E-state index in [0.717, 1.165) is 22.4 Å². The summed E-state index contributed by atoms with van der Waals surface area (Å²) in [6.45, 7) is 0. The maximum absolute atomic E-state index is 4.52. The van der Waals surface area contributed by atoms with Crippen LogP contribution >= 0.6 is 0 Å². The number of rotatable bonds is 1. The Kier molecular flexibility index (Phi) is 2.07. The van der Waals surface area contributed by atoms with Crippen LogP contribution in [0.1, 0.15) is 0 Å². The van der Waals surface area contributed by atoms with Crippen LogP contribution in [0, 0.1) is 0 Å². The van der Waals surface area contributed by atoms with E-state index < -0.39 is 0 Å². The van der Waals surface area contributed by atoms with Crippen LogP contribution in [-0.2, 0) is 0 Å². The van der Waals surface area contributed by atoms with Crippen LogP contribution in [-0.4, -0.2) is 15.0 Å². The van der Waals surface area contributed by atoms with Gasteiger partial charge in [-0.1, -0.05) is 18.2 Å². The topological polar surface area (TPSA) is 38.7 Å². The molecule has 3 nitrogen and oxygen atoms in total. The molecule has 0 bridgehead atoms. The Hall–Kier alpha value is -2.29. The van der Waals surface area contributed by atoms with Crippen molar-refractivity contribution in [2.45, 2.75) is 0 Å². The van der Waals surface area contributed by atoms with Gasteiger partial charge in [0.1, 0.15) is 5.69 Å². The lowest BCUT2D eigenvalue weighted by Crippen LogP contribution is -1.89. The summed E-state index contributed by atoms with van der Waals surface area (Å²) >= 11 is 0. The molecule has 16 heavy (non-hydrogen) atoms. The van der Waals surface area contributed by atoms with Crippen molar-refractivity contribution < 1.29 is 0 Å². The second-order valence-electron chi connectivity index (χ2n) is 3.46. The highest BCUT2D eigenvalue weighted by atomic mass is 14.8. The number of pyridine rings is 1. The lowest BCUT2D eigenvalue weighted by molar-refractivity contribution is 1.23. The van der Waals surface area contributed by atoms with E-state index in [4.69, 9.17) is 0 Å². The molecule has 0 saturated heterocycles. The van der Waals surface area contributed by atoms with E-state index in [9.17, 15) is 0 Å². The van der Waals surface area contributed by atoms with Crippen LogP contribution in [0.2, 0.25) is 0 Å². The van der Waals surface area contributed by atoms with Crippen LogP contribution in [0.5, 0.6) is 0 Å². The predicted octanol–water partition coefficient (Wildman–Crippen LogP) is 2.69. The van der Waals surface area contributed by atoms with Gasteiger partial charge in [0.2, 0.25) is 0 Å². The highest BCUT2D eigenvalue weighted by molar-refractivity contribution is 5.76. The molecule has 3 heteroatoms. The average molecular weight is 207 g/mol. The van der Waals surface area contributed by atoms with Gasteiger partial charge in [0.25, 0.3) is 0 Å². The van der Waals surface area contributed by atoms with Gasteiger partial charge in [0, 0.05) is 6.20 Å². The predicted molar refractivity (Wildman–Crippen MR) is 62.8 cm³/mol. The third-order valence-corrected chi connectivity index (χ3v) is 2.38. The minimum atomic E-state index is 0.805. The first-order valence-corrected chi connectivity index (χ1v) is 5.07. The van der Waals surface area contributed by atoms with Gasteiger partial charge in [-0.25, -0.2) is 4.98 Å². The lowest BCUT2D eigenvalue weighted by atomic mass is 10.2. The fourth-order valence-corrected chi connectivity index (χ4v) is 1.59. The van der Waals surface area contributed by atoms with Gasteiger partial charge in [-0.3, -0.25) is 9.97 Å². The number of nitrogens with zero attached hydrogens (tertiary/aromatic N) is 3. The standard InChI is InChI=1S/C13H9N3/c1-2-7-12-10(5-1)15-9-13(16-12)11-6-3-4-8-14-11/h1-9H. The number of fused-ring (bicyclic) bond motifs is 1.